The highest BCUT2D eigenvalue weighted by molar-refractivity contribution is 5.58. The minimum atomic E-state index is -0.527. The lowest BCUT2D eigenvalue weighted by atomic mass is 10.2. The molecule has 1 unspecified atom stereocenters. The molecule has 1 atom stereocenters. The van der Waals surface area contributed by atoms with Gasteiger partial charge < -0.3 is 20.1 Å². The summed E-state index contributed by atoms with van der Waals surface area (Å²) in [6.07, 6.45) is 1.81. The van der Waals surface area contributed by atoms with Crippen molar-refractivity contribution in [2.75, 3.05) is 44.1 Å². The van der Waals surface area contributed by atoms with Gasteiger partial charge in [0.25, 0.3) is 0 Å². The van der Waals surface area contributed by atoms with Crippen LogP contribution in [0.3, 0.4) is 0 Å². The Balaban J connectivity index is 2.23. The molecule has 0 amide bonds. The van der Waals surface area contributed by atoms with E-state index >= 15 is 0 Å². The second-order valence-corrected chi connectivity index (χ2v) is 5.67. The van der Waals surface area contributed by atoms with Crippen molar-refractivity contribution in [3.63, 3.8) is 0 Å². The molecule has 21 heavy (non-hydrogen) atoms. The number of rotatable bonds is 8. The number of aromatic nitrogens is 2. The standard InChI is InChI=1S/C15H26N4O2/c1-5-16-13-10(2)15(18-14(17-13)11-6-7-11)19(3)8-12(20)9-21-4/h11-12,20H,5-9H2,1-4H3,(H,16,17,18). The van der Waals surface area contributed by atoms with E-state index < -0.39 is 6.10 Å². The molecule has 6 nitrogen and oxygen atoms in total. The smallest absolute Gasteiger partial charge is 0.137 e. The van der Waals surface area contributed by atoms with Gasteiger partial charge in [0.2, 0.25) is 0 Å². The van der Waals surface area contributed by atoms with Crippen LogP contribution in [0.5, 0.6) is 0 Å². The topological polar surface area (TPSA) is 70.5 Å². The molecule has 0 aromatic carbocycles. The second kappa shape index (κ2) is 7.04. The van der Waals surface area contributed by atoms with E-state index in [1.165, 1.54) is 12.8 Å². The third-order valence-corrected chi connectivity index (χ3v) is 3.63. The molecule has 2 rings (SSSR count). The lowest BCUT2D eigenvalue weighted by molar-refractivity contribution is 0.0694. The fourth-order valence-corrected chi connectivity index (χ4v) is 2.40. The zero-order valence-corrected chi connectivity index (χ0v) is 13.4. The number of ether oxygens (including phenoxy) is 1. The number of nitrogens with zero attached hydrogens (tertiary/aromatic N) is 3. The lowest BCUT2D eigenvalue weighted by Gasteiger charge is -2.24. The molecule has 1 aromatic rings. The van der Waals surface area contributed by atoms with E-state index in [2.05, 4.69) is 17.2 Å². The Morgan fingerprint density at radius 1 is 1.43 bits per heavy atom. The maximum Gasteiger partial charge on any atom is 0.137 e. The number of aliphatic hydroxyl groups excluding tert-OH is 1. The van der Waals surface area contributed by atoms with Gasteiger partial charge in [-0.15, -0.1) is 0 Å². The minimum Gasteiger partial charge on any atom is -0.389 e. The molecule has 1 saturated carbocycles. The van der Waals surface area contributed by atoms with Crippen LogP contribution in [0.25, 0.3) is 0 Å². The molecule has 0 radical (unpaired) electrons. The van der Waals surface area contributed by atoms with Crippen LogP contribution in [0.2, 0.25) is 0 Å². The summed E-state index contributed by atoms with van der Waals surface area (Å²) in [7, 11) is 3.54. The monoisotopic (exact) mass is 294 g/mol. The molecule has 0 bridgehead atoms. The number of likely N-dealkylation sites (N-methyl/N-ethyl adjacent to an activating group) is 1. The number of aliphatic hydroxyl groups is 1. The van der Waals surface area contributed by atoms with Gasteiger partial charge in [-0.25, -0.2) is 9.97 Å². The Kier molecular flexibility index (Phi) is 5.36. The number of anilines is 2. The van der Waals surface area contributed by atoms with Crippen molar-refractivity contribution in [1.29, 1.82) is 0 Å². The first kappa shape index (κ1) is 16.0. The van der Waals surface area contributed by atoms with Crippen LogP contribution in [0.4, 0.5) is 11.6 Å². The van der Waals surface area contributed by atoms with E-state index in [0.717, 1.165) is 29.6 Å². The van der Waals surface area contributed by atoms with Crippen LogP contribution >= 0.6 is 0 Å². The zero-order valence-electron chi connectivity index (χ0n) is 13.4. The van der Waals surface area contributed by atoms with Crippen molar-refractivity contribution in [2.24, 2.45) is 0 Å². The molecule has 1 aliphatic carbocycles. The van der Waals surface area contributed by atoms with Crippen molar-refractivity contribution in [2.45, 2.75) is 38.7 Å². The average molecular weight is 294 g/mol. The van der Waals surface area contributed by atoms with Crippen molar-refractivity contribution >= 4 is 11.6 Å². The summed E-state index contributed by atoms with van der Waals surface area (Å²) in [5.74, 6) is 3.20. The Labute approximate surface area is 126 Å². The fourth-order valence-electron chi connectivity index (χ4n) is 2.40. The number of methoxy groups -OCH3 is 1. The van der Waals surface area contributed by atoms with E-state index in [0.29, 0.717) is 19.1 Å². The molecule has 1 aromatic heterocycles. The molecule has 1 aliphatic rings. The molecule has 1 heterocycles. The van der Waals surface area contributed by atoms with Crippen LogP contribution in [0.15, 0.2) is 0 Å². The highest BCUT2D eigenvalue weighted by Crippen LogP contribution is 2.39. The van der Waals surface area contributed by atoms with Gasteiger partial charge in [-0.05, 0) is 26.7 Å². The van der Waals surface area contributed by atoms with E-state index in [1.807, 2.05) is 18.9 Å². The van der Waals surface area contributed by atoms with Gasteiger partial charge in [-0.1, -0.05) is 0 Å². The number of hydrogen-bond acceptors (Lipinski definition) is 6. The fraction of sp³-hybridized carbons (Fsp3) is 0.733. The van der Waals surface area contributed by atoms with Crippen LogP contribution in [-0.2, 0) is 4.74 Å². The van der Waals surface area contributed by atoms with Gasteiger partial charge in [-0.2, -0.15) is 0 Å². The Bertz CT molecular complexity index is 477. The zero-order chi connectivity index (χ0) is 15.4. The summed E-state index contributed by atoms with van der Waals surface area (Å²) in [5, 5.41) is 13.2. The minimum absolute atomic E-state index is 0.323. The molecule has 0 spiro atoms. The Morgan fingerprint density at radius 2 is 2.14 bits per heavy atom. The maximum atomic E-state index is 9.91. The first-order valence-corrected chi connectivity index (χ1v) is 7.57. The van der Waals surface area contributed by atoms with Crippen molar-refractivity contribution < 1.29 is 9.84 Å². The summed E-state index contributed by atoms with van der Waals surface area (Å²) >= 11 is 0. The van der Waals surface area contributed by atoms with Gasteiger partial charge >= 0.3 is 0 Å². The van der Waals surface area contributed by atoms with E-state index in [9.17, 15) is 5.11 Å². The third-order valence-electron chi connectivity index (χ3n) is 3.63. The molecule has 6 heteroatoms. The highest BCUT2D eigenvalue weighted by atomic mass is 16.5. The summed E-state index contributed by atoms with van der Waals surface area (Å²) in [6, 6.07) is 0. The molecule has 2 N–H and O–H groups in total. The summed E-state index contributed by atoms with van der Waals surface area (Å²) in [6.45, 7) is 5.72. The lowest BCUT2D eigenvalue weighted by Crippen LogP contribution is -2.33. The second-order valence-electron chi connectivity index (χ2n) is 5.67. The van der Waals surface area contributed by atoms with Crippen LogP contribution in [0, 0.1) is 6.92 Å². The Morgan fingerprint density at radius 3 is 2.71 bits per heavy atom. The highest BCUT2D eigenvalue weighted by Gasteiger charge is 2.29. The van der Waals surface area contributed by atoms with E-state index in [-0.39, 0.29) is 0 Å². The average Bonchev–Trinajstić information content (AvgIpc) is 3.25. The first-order valence-electron chi connectivity index (χ1n) is 7.57. The number of hydrogen-bond donors (Lipinski definition) is 2. The van der Waals surface area contributed by atoms with Crippen molar-refractivity contribution in [3.05, 3.63) is 11.4 Å². The molecule has 0 saturated heterocycles. The quantitative estimate of drug-likeness (QED) is 0.758. The Hall–Kier alpha value is -1.40. The maximum absolute atomic E-state index is 9.91. The van der Waals surface area contributed by atoms with Gasteiger partial charge in [0.1, 0.15) is 17.5 Å². The third kappa shape index (κ3) is 4.04. The van der Waals surface area contributed by atoms with Crippen molar-refractivity contribution in [3.8, 4) is 0 Å². The van der Waals surface area contributed by atoms with Crippen LogP contribution in [-0.4, -0.2) is 55.0 Å². The summed E-state index contributed by atoms with van der Waals surface area (Å²) in [5.41, 5.74) is 1.02. The largest absolute Gasteiger partial charge is 0.389 e. The van der Waals surface area contributed by atoms with Gasteiger partial charge in [-0.3, -0.25) is 0 Å². The predicted octanol–water partition coefficient (Wildman–Crippen LogP) is 1.54. The summed E-state index contributed by atoms with van der Waals surface area (Å²) < 4.78 is 4.98. The normalized spacial score (nSPS) is 15.9. The summed E-state index contributed by atoms with van der Waals surface area (Å²) in [4.78, 5) is 11.3. The molecule has 1 fully saturated rings. The molecule has 118 valence electrons. The molecular formula is C15H26N4O2. The number of nitrogens with one attached hydrogen (secondary N) is 1. The SMILES string of the molecule is CCNc1nc(C2CC2)nc(N(C)CC(O)COC)c1C. The van der Waals surface area contributed by atoms with E-state index in [1.54, 1.807) is 7.11 Å². The van der Waals surface area contributed by atoms with Crippen LogP contribution in [0.1, 0.15) is 37.1 Å². The first-order chi connectivity index (χ1) is 10.1. The molecular weight excluding hydrogens is 268 g/mol. The van der Waals surface area contributed by atoms with Gasteiger partial charge in [0.15, 0.2) is 0 Å². The van der Waals surface area contributed by atoms with Crippen molar-refractivity contribution in [1.82, 2.24) is 9.97 Å². The van der Waals surface area contributed by atoms with Crippen LogP contribution < -0.4 is 10.2 Å². The van der Waals surface area contributed by atoms with Gasteiger partial charge in [0.05, 0.1) is 12.7 Å². The predicted molar refractivity (Wildman–Crippen MR) is 84.1 cm³/mol. The molecule has 0 aliphatic heterocycles. The van der Waals surface area contributed by atoms with E-state index in [4.69, 9.17) is 9.72 Å². The van der Waals surface area contributed by atoms with Gasteiger partial charge in [0, 0.05) is 38.7 Å².